The van der Waals surface area contributed by atoms with Gasteiger partial charge in [-0.15, -0.1) is 10.2 Å². The Morgan fingerprint density at radius 1 is 1.38 bits per heavy atom. The van der Waals surface area contributed by atoms with E-state index in [1.807, 2.05) is 0 Å². The first kappa shape index (κ1) is 15.7. The normalized spacial score (nSPS) is 16.0. The summed E-state index contributed by atoms with van der Waals surface area (Å²) >= 11 is 0. The molecule has 0 bridgehead atoms. The molecule has 0 radical (unpaired) electrons. The van der Waals surface area contributed by atoms with Crippen molar-refractivity contribution in [2.45, 2.75) is 25.4 Å². The second-order valence-electron chi connectivity index (χ2n) is 4.97. The summed E-state index contributed by atoms with van der Waals surface area (Å²) in [5.41, 5.74) is 5.67. The zero-order valence-corrected chi connectivity index (χ0v) is 12.3. The van der Waals surface area contributed by atoms with Crippen LogP contribution >= 0.6 is 0 Å². The quantitative estimate of drug-likeness (QED) is 0.606. The SMILES string of the molecule is COC(=O)c1ccc(N2CCC(OCCCN)CC2)nn1. The van der Waals surface area contributed by atoms with Gasteiger partial charge in [0.25, 0.3) is 0 Å². The van der Waals surface area contributed by atoms with E-state index in [1.165, 1.54) is 7.11 Å². The molecule has 7 heteroatoms. The standard InChI is InChI=1S/C14H22N4O3/c1-20-14(19)12-3-4-13(17-16-12)18-8-5-11(6-9-18)21-10-2-7-15/h3-4,11H,2,5-10,15H2,1H3. The number of methoxy groups -OCH3 is 1. The van der Waals surface area contributed by atoms with Crippen LogP contribution in [-0.4, -0.2) is 55.6 Å². The van der Waals surface area contributed by atoms with Gasteiger partial charge in [0.05, 0.1) is 13.2 Å². The number of hydrogen-bond acceptors (Lipinski definition) is 7. The maximum atomic E-state index is 11.3. The predicted octanol–water partition coefficient (Wildman–Crippen LogP) is 0.597. The number of nitrogens with zero attached hydrogens (tertiary/aromatic N) is 3. The van der Waals surface area contributed by atoms with Crippen molar-refractivity contribution in [3.8, 4) is 0 Å². The number of ether oxygens (including phenoxy) is 2. The zero-order chi connectivity index (χ0) is 15.1. The Labute approximate surface area is 124 Å². The molecule has 0 unspecified atom stereocenters. The third kappa shape index (κ3) is 4.37. The van der Waals surface area contributed by atoms with Gasteiger partial charge in [0.2, 0.25) is 0 Å². The first-order chi connectivity index (χ1) is 10.2. The van der Waals surface area contributed by atoms with Crippen LogP contribution in [0.15, 0.2) is 12.1 Å². The summed E-state index contributed by atoms with van der Waals surface area (Å²) in [5.74, 6) is 0.309. The number of hydrogen-bond donors (Lipinski definition) is 1. The molecule has 2 heterocycles. The molecule has 0 aliphatic carbocycles. The van der Waals surface area contributed by atoms with Crippen LogP contribution in [0.4, 0.5) is 5.82 Å². The average Bonchev–Trinajstić information content (AvgIpc) is 2.55. The van der Waals surface area contributed by atoms with Gasteiger partial charge in [-0.1, -0.05) is 0 Å². The molecule has 0 saturated carbocycles. The van der Waals surface area contributed by atoms with Crippen molar-refractivity contribution in [1.82, 2.24) is 10.2 Å². The van der Waals surface area contributed by atoms with E-state index in [2.05, 4.69) is 19.8 Å². The fraction of sp³-hybridized carbons (Fsp3) is 0.643. The first-order valence-corrected chi connectivity index (χ1v) is 7.23. The van der Waals surface area contributed by atoms with Gasteiger partial charge >= 0.3 is 5.97 Å². The Morgan fingerprint density at radius 3 is 2.71 bits per heavy atom. The van der Waals surface area contributed by atoms with Crippen LogP contribution in [0, 0.1) is 0 Å². The summed E-state index contributed by atoms with van der Waals surface area (Å²) in [4.78, 5) is 13.5. The maximum absolute atomic E-state index is 11.3. The Morgan fingerprint density at radius 2 is 2.14 bits per heavy atom. The van der Waals surface area contributed by atoms with Crippen molar-refractivity contribution >= 4 is 11.8 Å². The van der Waals surface area contributed by atoms with Crippen LogP contribution in [0.2, 0.25) is 0 Å². The molecule has 7 nitrogen and oxygen atoms in total. The summed E-state index contributed by atoms with van der Waals surface area (Å²) < 4.78 is 10.4. The molecule has 116 valence electrons. The minimum Gasteiger partial charge on any atom is -0.464 e. The molecule has 0 atom stereocenters. The van der Waals surface area contributed by atoms with Gasteiger partial charge in [-0.3, -0.25) is 0 Å². The van der Waals surface area contributed by atoms with Crippen LogP contribution in [0.3, 0.4) is 0 Å². The second kappa shape index (κ2) is 7.90. The van der Waals surface area contributed by atoms with Crippen molar-refractivity contribution < 1.29 is 14.3 Å². The average molecular weight is 294 g/mol. The largest absolute Gasteiger partial charge is 0.464 e. The van der Waals surface area contributed by atoms with E-state index in [9.17, 15) is 4.79 Å². The molecule has 2 rings (SSSR count). The Kier molecular flexibility index (Phi) is 5.89. The second-order valence-corrected chi connectivity index (χ2v) is 4.97. The van der Waals surface area contributed by atoms with Gasteiger partial charge < -0.3 is 20.1 Å². The third-order valence-electron chi connectivity index (χ3n) is 3.51. The maximum Gasteiger partial charge on any atom is 0.358 e. The molecule has 1 aromatic heterocycles. The number of anilines is 1. The topological polar surface area (TPSA) is 90.6 Å². The fourth-order valence-electron chi connectivity index (χ4n) is 2.29. The fourth-order valence-corrected chi connectivity index (χ4v) is 2.29. The number of carbonyl (C=O) groups excluding carboxylic acids is 1. The molecule has 0 aromatic carbocycles. The lowest BCUT2D eigenvalue weighted by Gasteiger charge is -2.32. The number of esters is 1. The minimum absolute atomic E-state index is 0.223. The van der Waals surface area contributed by atoms with E-state index >= 15 is 0 Å². The highest BCUT2D eigenvalue weighted by molar-refractivity contribution is 5.86. The van der Waals surface area contributed by atoms with Gasteiger partial charge in [-0.05, 0) is 37.9 Å². The van der Waals surface area contributed by atoms with Crippen LogP contribution in [-0.2, 0) is 9.47 Å². The third-order valence-corrected chi connectivity index (χ3v) is 3.51. The van der Waals surface area contributed by atoms with Crippen molar-refractivity contribution in [2.24, 2.45) is 5.73 Å². The Bertz CT molecular complexity index is 444. The number of nitrogens with two attached hydrogens (primary N) is 1. The predicted molar refractivity (Wildman–Crippen MR) is 78.2 cm³/mol. The number of carbonyl (C=O) groups is 1. The smallest absolute Gasteiger partial charge is 0.358 e. The summed E-state index contributed by atoms with van der Waals surface area (Å²) in [6.07, 6.45) is 3.13. The number of piperidine rings is 1. The monoisotopic (exact) mass is 294 g/mol. The minimum atomic E-state index is -0.471. The molecule has 1 aromatic rings. The van der Waals surface area contributed by atoms with Gasteiger partial charge in [0.1, 0.15) is 0 Å². The summed E-state index contributed by atoms with van der Waals surface area (Å²) in [5, 5.41) is 7.98. The highest BCUT2D eigenvalue weighted by Crippen LogP contribution is 2.19. The van der Waals surface area contributed by atoms with Crippen LogP contribution in [0.1, 0.15) is 29.8 Å². The van der Waals surface area contributed by atoms with Gasteiger partial charge in [-0.2, -0.15) is 0 Å². The highest BCUT2D eigenvalue weighted by Gasteiger charge is 2.21. The molecule has 1 aliphatic heterocycles. The Balaban J connectivity index is 1.83. The molecule has 0 amide bonds. The van der Waals surface area contributed by atoms with Gasteiger partial charge in [0.15, 0.2) is 11.5 Å². The van der Waals surface area contributed by atoms with E-state index in [4.69, 9.17) is 10.5 Å². The lowest BCUT2D eigenvalue weighted by atomic mass is 10.1. The lowest BCUT2D eigenvalue weighted by molar-refractivity contribution is 0.0365. The number of aromatic nitrogens is 2. The zero-order valence-electron chi connectivity index (χ0n) is 12.3. The van der Waals surface area contributed by atoms with Crippen molar-refractivity contribution in [3.05, 3.63) is 17.8 Å². The van der Waals surface area contributed by atoms with Crippen molar-refractivity contribution in [3.63, 3.8) is 0 Å². The van der Waals surface area contributed by atoms with E-state index in [0.29, 0.717) is 12.6 Å². The molecule has 0 spiro atoms. The lowest BCUT2D eigenvalue weighted by Crippen LogP contribution is -2.37. The van der Waals surface area contributed by atoms with E-state index < -0.39 is 5.97 Å². The van der Waals surface area contributed by atoms with E-state index in [1.54, 1.807) is 12.1 Å². The van der Waals surface area contributed by atoms with E-state index in [0.717, 1.165) is 44.8 Å². The molecule has 1 fully saturated rings. The molecular weight excluding hydrogens is 272 g/mol. The van der Waals surface area contributed by atoms with Crippen LogP contribution in [0.5, 0.6) is 0 Å². The molecule has 21 heavy (non-hydrogen) atoms. The van der Waals surface area contributed by atoms with Crippen LogP contribution < -0.4 is 10.6 Å². The van der Waals surface area contributed by atoms with E-state index in [-0.39, 0.29) is 5.69 Å². The summed E-state index contributed by atoms with van der Waals surface area (Å²) in [6.45, 7) is 3.15. The molecular formula is C14H22N4O3. The highest BCUT2D eigenvalue weighted by atomic mass is 16.5. The van der Waals surface area contributed by atoms with Gasteiger partial charge in [0, 0.05) is 19.7 Å². The molecule has 1 saturated heterocycles. The van der Waals surface area contributed by atoms with Crippen LogP contribution in [0.25, 0.3) is 0 Å². The Hall–Kier alpha value is -1.73. The van der Waals surface area contributed by atoms with Gasteiger partial charge in [-0.25, -0.2) is 4.79 Å². The molecule has 1 aliphatic rings. The summed E-state index contributed by atoms with van der Waals surface area (Å²) in [6, 6.07) is 3.44. The molecule has 2 N–H and O–H groups in total. The number of rotatable bonds is 6. The first-order valence-electron chi connectivity index (χ1n) is 7.23. The van der Waals surface area contributed by atoms with Crippen molar-refractivity contribution in [1.29, 1.82) is 0 Å². The summed E-state index contributed by atoms with van der Waals surface area (Å²) in [7, 11) is 1.33. The van der Waals surface area contributed by atoms with Crippen molar-refractivity contribution in [2.75, 3.05) is 38.3 Å².